The number of nitrogens with zero attached hydrogens (tertiary/aromatic N) is 3. The maximum atomic E-state index is 13.7. The quantitative estimate of drug-likeness (QED) is 0.491. The van der Waals surface area contributed by atoms with Crippen molar-refractivity contribution in [3.05, 3.63) is 59.7 Å². The Balaban J connectivity index is 1.94. The third-order valence-electron chi connectivity index (χ3n) is 5.99. The molecule has 2 aromatic rings. The zero-order valence-electron chi connectivity index (χ0n) is 22.1. The predicted octanol–water partition coefficient (Wildman–Crippen LogP) is 4.29. The van der Waals surface area contributed by atoms with E-state index in [2.05, 4.69) is 0 Å². The minimum absolute atomic E-state index is 0.0845. The second kappa shape index (κ2) is 12.0. The first-order valence-electron chi connectivity index (χ1n) is 12.1. The summed E-state index contributed by atoms with van der Waals surface area (Å²) in [5.41, 5.74) is 2.31. The first kappa shape index (κ1) is 27.2. The molecular weight excluding hydrogens is 458 g/mol. The molecule has 1 atom stereocenters. The lowest BCUT2D eigenvalue weighted by Crippen LogP contribution is -2.43. The highest BCUT2D eigenvalue weighted by atomic mass is 16.5. The topological polar surface area (TPSA) is 80.7 Å². The van der Waals surface area contributed by atoms with E-state index in [9.17, 15) is 9.59 Å². The van der Waals surface area contributed by atoms with Gasteiger partial charge in [-0.25, -0.2) is 5.01 Å². The van der Waals surface area contributed by atoms with E-state index in [1.807, 2.05) is 69.3 Å². The van der Waals surface area contributed by atoms with Crippen LogP contribution >= 0.6 is 0 Å². The zero-order valence-corrected chi connectivity index (χ0v) is 22.1. The summed E-state index contributed by atoms with van der Waals surface area (Å²) in [5.74, 6) is 1.05. The fourth-order valence-electron chi connectivity index (χ4n) is 4.20. The van der Waals surface area contributed by atoms with Gasteiger partial charge in [0, 0.05) is 37.6 Å². The third-order valence-corrected chi connectivity index (χ3v) is 5.99. The Morgan fingerprint density at radius 1 is 1.06 bits per heavy atom. The average Bonchev–Trinajstić information content (AvgIpc) is 3.31. The number of ether oxygens (including phenoxy) is 3. The van der Waals surface area contributed by atoms with Gasteiger partial charge in [0.05, 0.1) is 32.6 Å². The summed E-state index contributed by atoms with van der Waals surface area (Å²) in [6, 6.07) is 14.9. The van der Waals surface area contributed by atoms with Crippen molar-refractivity contribution in [2.75, 3.05) is 41.0 Å². The molecule has 0 bridgehead atoms. The molecule has 0 saturated carbocycles. The number of hydrogen-bond acceptors (Lipinski definition) is 6. The van der Waals surface area contributed by atoms with Crippen LogP contribution in [0.15, 0.2) is 53.6 Å². The monoisotopic (exact) mass is 495 g/mol. The summed E-state index contributed by atoms with van der Waals surface area (Å²) in [6.45, 7) is 6.60. The Kier molecular flexibility index (Phi) is 9.09. The zero-order chi connectivity index (χ0) is 26.3. The molecule has 194 valence electrons. The van der Waals surface area contributed by atoms with Gasteiger partial charge in [-0.1, -0.05) is 51.1 Å². The number of benzene rings is 2. The van der Waals surface area contributed by atoms with E-state index in [-0.39, 0.29) is 29.8 Å². The summed E-state index contributed by atoms with van der Waals surface area (Å²) in [4.78, 5) is 28.3. The lowest BCUT2D eigenvalue weighted by atomic mass is 9.91. The Morgan fingerprint density at radius 3 is 2.47 bits per heavy atom. The molecule has 0 spiro atoms. The van der Waals surface area contributed by atoms with Crippen molar-refractivity contribution >= 4 is 17.5 Å². The van der Waals surface area contributed by atoms with E-state index in [0.29, 0.717) is 37.5 Å². The van der Waals surface area contributed by atoms with Crippen molar-refractivity contribution in [3.8, 4) is 11.5 Å². The molecule has 0 aliphatic carbocycles. The third kappa shape index (κ3) is 6.85. The molecule has 2 amide bonds. The summed E-state index contributed by atoms with van der Waals surface area (Å²) >= 11 is 0. The highest BCUT2D eigenvalue weighted by Gasteiger charge is 2.36. The largest absolute Gasteiger partial charge is 0.497 e. The molecule has 36 heavy (non-hydrogen) atoms. The molecule has 0 saturated heterocycles. The highest BCUT2D eigenvalue weighted by Crippen LogP contribution is 2.37. The van der Waals surface area contributed by atoms with Crippen LogP contribution in [0.4, 0.5) is 0 Å². The van der Waals surface area contributed by atoms with Gasteiger partial charge in [0.15, 0.2) is 0 Å². The number of para-hydroxylation sites is 1. The molecule has 0 radical (unpaired) electrons. The normalized spacial score (nSPS) is 15.4. The van der Waals surface area contributed by atoms with E-state index in [1.54, 1.807) is 26.2 Å². The van der Waals surface area contributed by atoms with Crippen LogP contribution in [-0.4, -0.2) is 68.5 Å². The predicted molar refractivity (Wildman–Crippen MR) is 139 cm³/mol. The van der Waals surface area contributed by atoms with Gasteiger partial charge < -0.3 is 19.1 Å². The van der Waals surface area contributed by atoms with Gasteiger partial charge in [0.2, 0.25) is 5.91 Å². The van der Waals surface area contributed by atoms with Crippen LogP contribution < -0.4 is 9.47 Å². The van der Waals surface area contributed by atoms with Crippen molar-refractivity contribution in [2.45, 2.75) is 39.7 Å². The molecule has 0 fully saturated rings. The molecule has 1 heterocycles. The van der Waals surface area contributed by atoms with Crippen LogP contribution in [-0.2, 0) is 14.3 Å². The van der Waals surface area contributed by atoms with Gasteiger partial charge in [-0.2, -0.15) is 5.10 Å². The SMILES string of the molecule is COCCN(CC(=O)N1N=C(c2cccc(OC)c2)C[C@H]1c1ccccc1OC)C(=O)CC(C)(C)C. The van der Waals surface area contributed by atoms with Crippen molar-refractivity contribution in [2.24, 2.45) is 10.5 Å². The number of methoxy groups -OCH3 is 3. The van der Waals surface area contributed by atoms with Crippen molar-refractivity contribution in [1.29, 1.82) is 0 Å². The second-order valence-corrected chi connectivity index (χ2v) is 10.0. The average molecular weight is 496 g/mol. The molecule has 1 aliphatic heterocycles. The fourth-order valence-corrected chi connectivity index (χ4v) is 4.20. The minimum atomic E-state index is -0.364. The van der Waals surface area contributed by atoms with Gasteiger partial charge in [-0.15, -0.1) is 0 Å². The van der Waals surface area contributed by atoms with Gasteiger partial charge in [0.25, 0.3) is 5.91 Å². The molecular formula is C28H37N3O5. The number of carbonyl (C=O) groups excluding carboxylic acids is 2. The van der Waals surface area contributed by atoms with E-state index < -0.39 is 0 Å². The van der Waals surface area contributed by atoms with Crippen LogP contribution in [0.5, 0.6) is 11.5 Å². The molecule has 8 heteroatoms. The fraction of sp³-hybridized carbons (Fsp3) is 0.464. The van der Waals surface area contributed by atoms with E-state index in [1.165, 1.54) is 5.01 Å². The molecule has 0 unspecified atom stereocenters. The number of carbonyl (C=O) groups is 2. The van der Waals surface area contributed by atoms with Crippen molar-refractivity contribution < 1.29 is 23.8 Å². The number of rotatable bonds is 10. The van der Waals surface area contributed by atoms with Crippen LogP contribution in [0.3, 0.4) is 0 Å². The number of hydrazone groups is 1. The van der Waals surface area contributed by atoms with Crippen molar-refractivity contribution in [3.63, 3.8) is 0 Å². The first-order chi connectivity index (χ1) is 17.2. The van der Waals surface area contributed by atoms with Crippen molar-refractivity contribution in [1.82, 2.24) is 9.91 Å². The second-order valence-electron chi connectivity index (χ2n) is 10.0. The standard InChI is InChI=1S/C28H37N3O5/c1-28(2,3)18-26(32)30(14-15-34-4)19-27(33)31-24(22-12-7-8-13-25(22)36-6)17-23(29-31)20-10-9-11-21(16-20)35-5/h7-13,16,24H,14-15,17-19H2,1-6H3/t24-/m0/s1. The van der Waals surface area contributed by atoms with E-state index >= 15 is 0 Å². The summed E-state index contributed by atoms with van der Waals surface area (Å²) in [7, 11) is 4.81. The number of amides is 2. The van der Waals surface area contributed by atoms with E-state index in [4.69, 9.17) is 19.3 Å². The Labute approximate surface area is 213 Å². The summed E-state index contributed by atoms with van der Waals surface area (Å²) in [6.07, 6.45) is 0.839. The molecule has 3 rings (SSSR count). The van der Waals surface area contributed by atoms with Gasteiger partial charge in [-0.3, -0.25) is 9.59 Å². The van der Waals surface area contributed by atoms with E-state index in [0.717, 1.165) is 16.8 Å². The van der Waals surface area contributed by atoms with Crippen LogP contribution in [0, 0.1) is 5.41 Å². The minimum Gasteiger partial charge on any atom is -0.497 e. The molecule has 0 N–H and O–H groups in total. The Morgan fingerprint density at radius 2 is 1.81 bits per heavy atom. The number of hydrogen-bond donors (Lipinski definition) is 0. The summed E-state index contributed by atoms with van der Waals surface area (Å²) in [5, 5.41) is 6.25. The molecule has 1 aliphatic rings. The highest BCUT2D eigenvalue weighted by molar-refractivity contribution is 6.03. The smallest absolute Gasteiger partial charge is 0.262 e. The lowest BCUT2D eigenvalue weighted by molar-refractivity contribution is -0.143. The molecule has 8 nitrogen and oxygen atoms in total. The van der Waals surface area contributed by atoms with Gasteiger partial charge >= 0.3 is 0 Å². The van der Waals surface area contributed by atoms with Gasteiger partial charge in [0.1, 0.15) is 18.0 Å². The van der Waals surface area contributed by atoms with Crippen LogP contribution in [0.25, 0.3) is 0 Å². The van der Waals surface area contributed by atoms with Gasteiger partial charge in [-0.05, 0) is 23.6 Å². The molecule has 0 aromatic heterocycles. The summed E-state index contributed by atoms with van der Waals surface area (Å²) < 4.78 is 16.2. The molecule has 2 aromatic carbocycles. The Bertz CT molecular complexity index is 1090. The van der Waals surface area contributed by atoms with Crippen LogP contribution in [0.2, 0.25) is 0 Å². The Hall–Kier alpha value is -3.39. The lowest BCUT2D eigenvalue weighted by Gasteiger charge is -2.29. The first-order valence-corrected chi connectivity index (χ1v) is 12.1. The maximum Gasteiger partial charge on any atom is 0.262 e. The van der Waals surface area contributed by atoms with Crippen LogP contribution in [0.1, 0.15) is 50.8 Å². The maximum absolute atomic E-state index is 13.7.